The number of ether oxygens (including phenoxy) is 5. The Balaban J connectivity index is 1.46. The largest absolute Gasteiger partial charge is 0.394 e. The molecular weight excluding hydrogens is 734 g/mol. The first-order valence-corrected chi connectivity index (χ1v) is 17.1. The van der Waals surface area contributed by atoms with Crippen LogP contribution in [0.3, 0.4) is 0 Å². The van der Waals surface area contributed by atoms with Gasteiger partial charge >= 0.3 is 5.69 Å². The van der Waals surface area contributed by atoms with Gasteiger partial charge in [0.2, 0.25) is 0 Å². The van der Waals surface area contributed by atoms with Crippen molar-refractivity contribution in [1.29, 1.82) is 0 Å². The Bertz CT molecular complexity index is 1860. The van der Waals surface area contributed by atoms with E-state index in [0.717, 1.165) is 10.1 Å². The van der Waals surface area contributed by atoms with Crippen molar-refractivity contribution < 1.29 is 33.9 Å². The summed E-state index contributed by atoms with van der Waals surface area (Å²) in [4.78, 5) is 27.1. The minimum absolute atomic E-state index is 0.000570. The highest BCUT2D eigenvalue weighted by Crippen LogP contribution is 2.35. The lowest BCUT2D eigenvalue weighted by Gasteiger charge is -2.27. The second-order valence-electron chi connectivity index (χ2n) is 11.7. The molecule has 1 aromatic heterocycles. The number of aliphatic hydroxyl groups is 2. The van der Waals surface area contributed by atoms with Crippen LogP contribution in [0.15, 0.2) is 82.5 Å². The van der Waals surface area contributed by atoms with Crippen LogP contribution in [0.5, 0.6) is 0 Å². The van der Waals surface area contributed by atoms with Crippen molar-refractivity contribution in [2.75, 3.05) is 19.8 Å². The van der Waals surface area contributed by atoms with Gasteiger partial charge in [0.25, 0.3) is 5.56 Å². The van der Waals surface area contributed by atoms with Crippen molar-refractivity contribution in [3.05, 3.63) is 136 Å². The van der Waals surface area contributed by atoms with Gasteiger partial charge in [-0.15, -0.1) is 0 Å². The van der Waals surface area contributed by atoms with Crippen LogP contribution in [-0.2, 0) is 50.2 Å². The molecule has 0 amide bonds. The van der Waals surface area contributed by atoms with Gasteiger partial charge in [-0.1, -0.05) is 88.9 Å². The van der Waals surface area contributed by atoms with Crippen LogP contribution in [-0.4, -0.2) is 63.6 Å². The number of aliphatic hydroxyl groups excluding tert-OH is 2. The SMILES string of the molecule is Cc1cn([C@@H]2O[C@H](COCc3ccc(Cl)cc3Cl)[C@@H](OCc3ccc(Cl)cc3Cl)[C@H]2OC[C@H](O)CO)c(=O)n(COCc2ccccc2)c1=O. The summed E-state index contributed by atoms with van der Waals surface area (Å²) in [5.41, 5.74) is 1.17. The zero-order chi connectivity index (χ0) is 35.8. The topological polar surface area (TPSA) is 131 Å². The number of aryl methyl sites for hydroxylation is 1. The molecule has 268 valence electrons. The molecule has 11 nitrogen and oxygen atoms in total. The van der Waals surface area contributed by atoms with Gasteiger partial charge < -0.3 is 33.9 Å². The average Bonchev–Trinajstić information content (AvgIpc) is 3.44. The van der Waals surface area contributed by atoms with Gasteiger partial charge in [0, 0.05) is 31.9 Å². The molecule has 2 N–H and O–H groups in total. The molecule has 3 aromatic carbocycles. The van der Waals surface area contributed by atoms with Gasteiger partial charge in [0.1, 0.15) is 31.1 Å². The van der Waals surface area contributed by atoms with E-state index in [2.05, 4.69) is 0 Å². The molecule has 15 heteroatoms. The smallest absolute Gasteiger partial charge is 0.335 e. The first-order chi connectivity index (χ1) is 24.0. The molecule has 1 aliphatic rings. The van der Waals surface area contributed by atoms with Gasteiger partial charge in [-0.25, -0.2) is 9.36 Å². The van der Waals surface area contributed by atoms with Crippen LogP contribution in [0.2, 0.25) is 20.1 Å². The molecule has 0 radical (unpaired) electrons. The molecule has 1 fully saturated rings. The molecule has 5 atom stereocenters. The molecule has 0 bridgehead atoms. The van der Waals surface area contributed by atoms with E-state index in [1.807, 2.05) is 30.3 Å². The number of nitrogens with zero attached hydrogens (tertiary/aromatic N) is 2. The third-order valence-corrected chi connectivity index (χ3v) is 9.13. The zero-order valence-corrected chi connectivity index (χ0v) is 29.9. The van der Waals surface area contributed by atoms with Crippen molar-refractivity contribution in [1.82, 2.24) is 9.13 Å². The summed E-state index contributed by atoms with van der Waals surface area (Å²) in [7, 11) is 0. The minimum Gasteiger partial charge on any atom is -0.394 e. The molecule has 4 aromatic rings. The molecule has 5 rings (SSSR count). The number of halogens is 4. The van der Waals surface area contributed by atoms with Gasteiger partial charge in [0.05, 0.1) is 39.6 Å². The van der Waals surface area contributed by atoms with Crippen LogP contribution in [0.1, 0.15) is 28.5 Å². The summed E-state index contributed by atoms with van der Waals surface area (Å²) < 4.78 is 32.9. The molecular formula is C35H36Cl4N2O9. The number of aromatic nitrogens is 2. The number of hydrogen-bond donors (Lipinski definition) is 2. The average molecular weight is 770 g/mol. The molecule has 0 spiro atoms. The number of benzene rings is 3. The predicted octanol–water partition coefficient (Wildman–Crippen LogP) is 5.54. The van der Waals surface area contributed by atoms with Crippen LogP contribution >= 0.6 is 46.4 Å². The molecule has 2 heterocycles. The van der Waals surface area contributed by atoms with Gasteiger partial charge in [-0.05, 0) is 47.9 Å². The van der Waals surface area contributed by atoms with Crippen molar-refractivity contribution in [2.45, 2.75) is 64.1 Å². The van der Waals surface area contributed by atoms with Crippen LogP contribution in [0.4, 0.5) is 0 Å². The van der Waals surface area contributed by atoms with E-state index in [4.69, 9.17) is 70.1 Å². The molecule has 1 aliphatic heterocycles. The highest BCUT2D eigenvalue weighted by Gasteiger charge is 2.48. The Morgan fingerprint density at radius 1 is 0.840 bits per heavy atom. The van der Waals surface area contributed by atoms with E-state index in [9.17, 15) is 19.8 Å². The minimum atomic E-state index is -1.23. The Morgan fingerprint density at radius 2 is 1.50 bits per heavy atom. The van der Waals surface area contributed by atoms with E-state index in [1.54, 1.807) is 43.3 Å². The molecule has 0 saturated carbocycles. The fourth-order valence-electron chi connectivity index (χ4n) is 5.35. The summed E-state index contributed by atoms with van der Waals surface area (Å²) in [5.74, 6) is 0. The van der Waals surface area contributed by atoms with E-state index in [0.29, 0.717) is 31.2 Å². The summed E-state index contributed by atoms with van der Waals surface area (Å²) in [5, 5.41) is 21.5. The van der Waals surface area contributed by atoms with E-state index in [1.165, 1.54) is 10.8 Å². The fraction of sp³-hybridized carbons (Fsp3) is 0.371. The predicted molar refractivity (Wildman–Crippen MR) is 189 cm³/mol. The quantitative estimate of drug-likeness (QED) is 0.151. The molecule has 50 heavy (non-hydrogen) atoms. The van der Waals surface area contributed by atoms with Gasteiger partial charge in [-0.3, -0.25) is 9.36 Å². The summed E-state index contributed by atoms with van der Waals surface area (Å²) in [6, 6.07) is 19.4. The fourth-order valence-corrected chi connectivity index (χ4v) is 6.28. The Hall–Kier alpha value is -2.78. The summed E-state index contributed by atoms with van der Waals surface area (Å²) in [6.07, 6.45) is -3.79. The second-order valence-corrected chi connectivity index (χ2v) is 13.3. The van der Waals surface area contributed by atoms with Crippen LogP contribution < -0.4 is 11.2 Å². The second kappa shape index (κ2) is 18.1. The third kappa shape index (κ3) is 9.75. The van der Waals surface area contributed by atoms with E-state index < -0.39 is 48.5 Å². The number of rotatable bonds is 16. The van der Waals surface area contributed by atoms with E-state index >= 15 is 0 Å². The third-order valence-electron chi connectivity index (χ3n) is 7.95. The standard InChI is InChI=1S/C35H36Cl4N2O9/c1-21-13-40(35(45)41(33(21)44)20-47-15-22-5-3-2-4-6-22)34-32(49-18-27(43)14-42)31(48-17-24-8-10-26(37)12-29(24)39)30(50-34)19-46-16-23-7-9-25(36)11-28(23)38/h2-13,27,30-32,34,42-43H,14-20H2,1H3/t27-,30-,31-,32-,34-/m1/s1. The van der Waals surface area contributed by atoms with E-state index in [-0.39, 0.29) is 45.3 Å². The van der Waals surface area contributed by atoms with Crippen molar-refractivity contribution in [2.24, 2.45) is 0 Å². The van der Waals surface area contributed by atoms with Crippen molar-refractivity contribution in [3.63, 3.8) is 0 Å². The first kappa shape index (κ1) is 38.5. The maximum atomic E-state index is 13.9. The molecule has 0 unspecified atom stereocenters. The van der Waals surface area contributed by atoms with Crippen molar-refractivity contribution in [3.8, 4) is 0 Å². The lowest BCUT2D eigenvalue weighted by Crippen LogP contribution is -2.46. The first-order valence-electron chi connectivity index (χ1n) is 15.6. The maximum absolute atomic E-state index is 13.9. The van der Waals surface area contributed by atoms with Gasteiger partial charge in [0.15, 0.2) is 6.23 Å². The van der Waals surface area contributed by atoms with Crippen molar-refractivity contribution >= 4 is 46.4 Å². The highest BCUT2D eigenvalue weighted by molar-refractivity contribution is 6.35. The molecule has 1 saturated heterocycles. The Labute approximate surface area is 308 Å². The normalized spacial score (nSPS) is 19.6. The van der Waals surface area contributed by atoms with Gasteiger partial charge in [-0.2, -0.15) is 0 Å². The monoisotopic (exact) mass is 768 g/mol. The van der Waals surface area contributed by atoms with Crippen LogP contribution in [0, 0.1) is 6.92 Å². The zero-order valence-electron chi connectivity index (χ0n) is 26.9. The highest BCUT2D eigenvalue weighted by atomic mass is 35.5. The molecule has 0 aliphatic carbocycles. The number of hydrogen-bond acceptors (Lipinski definition) is 9. The maximum Gasteiger partial charge on any atom is 0.335 e. The Morgan fingerprint density at radius 3 is 2.14 bits per heavy atom. The summed E-state index contributed by atoms with van der Waals surface area (Å²) in [6.45, 7) is 0.604. The lowest BCUT2D eigenvalue weighted by atomic mass is 10.1. The van der Waals surface area contributed by atoms with Crippen LogP contribution in [0.25, 0.3) is 0 Å². The Kier molecular flexibility index (Phi) is 13.9. The summed E-state index contributed by atoms with van der Waals surface area (Å²) >= 11 is 24.9. The lowest BCUT2D eigenvalue weighted by molar-refractivity contribution is -0.109.